The zero-order chi connectivity index (χ0) is 15.0. The topological polar surface area (TPSA) is 52.6 Å². The Morgan fingerprint density at radius 1 is 1.30 bits per heavy atom. The summed E-state index contributed by atoms with van der Waals surface area (Å²) in [5.41, 5.74) is 1.12. The summed E-state index contributed by atoms with van der Waals surface area (Å²) in [6.45, 7) is 8.08. The third-order valence-corrected chi connectivity index (χ3v) is 2.77. The number of hydrogen-bond donors (Lipinski definition) is 2. The molecule has 1 aromatic rings. The Morgan fingerprint density at radius 2 is 1.90 bits per heavy atom. The van der Waals surface area contributed by atoms with E-state index in [0.717, 1.165) is 11.5 Å². The van der Waals surface area contributed by atoms with Crippen molar-refractivity contribution in [2.75, 3.05) is 19.7 Å². The molecule has 1 unspecified atom stereocenters. The maximum Gasteiger partial charge on any atom is 0.236 e. The van der Waals surface area contributed by atoms with Crippen LogP contribution in [-0.2, 0) is 11.3 Å². The highest BCUT2D eigenvalue weighted by atomic mass is 16.3. The molecule has 2 N–H and O–H groups in total. The monoisotopic (exact) mass is 278 g/mol. The summed E-state index contributed by atoms with van der Waals surface area (Å²) in [6, 6.07) is 9.89. The van der Waals surface area contributed by atoms with Crippen LogP contribution in [0.25, 0.3) is 0 Å². The first kappa shape index (κ1) is 16.7. The fourth-order valence-corrected chi connectivity index (χ4v) is 1.85. The Balaban J connectivity index is 0.000000444. The van der Waals surface area contributed by atoms with E-state index in [4.69, 9.17) is 5.11 Å². The van der Waals surface area contributed by atoms with E-state index in [9.17, 15) is 4.79 Å². The van der Waals surface area contributed by atoms with Crippen LogP contribution in [0.5, 0.6) is 0 Å². The molecule has 0 aromatic heterocycles. The molecule has 0 radical (unpaired) electrons. The molecule has 1 saturated heterocycles. The summed E-state index contributed by atoms with van der Waals surface area (Å²) in [5, 5.41) is 12.1. The number of carbonyl (C=O) groups is 1. The van der Waals surface area contributed by atoms with Gasteiger partial charge in [0.1, 0.15) is 0 Å². The van der Waals surface area contributed by atoms with Gasteiger partial charge in [-0.15, -0.1) is 0 Å². The van der Waals surface area contributed by atoms with Gasteiger partial charge in [0, 0.05) is 19.1 Å². The minimum Gasteiger partial charge on any atom is -0.395 e. The zero-order valence-electron chi connectivity index (χ0n) is 12.7. The molecule has 1 aromatic carbocycles. The van der Waals surface area contributed by atoms with Crippen molar-refractivity contribution < 1.29 is 9.90 Å². The van der Waals surface area contributed by atoms with Crippen LogP contribution >= 0.6 is 0 Å². The molecule has 2 rings (SSSR count). The molecular formula is C16H26N2O2. The third-order valence-electron chi connectivity index (χ3n) is 2.77. The molecule has 0 saturated carbocycles. The second-order valence-electron chi connectivity index (χ2n) is 5.75. The lowest BCUT2D eigenvalue weighted by Crippen LogP contribution is -2.54. The van der Waals surface area contributed by atoms with Gasteiger partial charge in [-0.3, -0.25) is 4.79 Å². The van der Waals surface area contributed by atoms with Gasteiger partial charge in [-0.2, -0.15) is 0 Å². The van der Waals surface area contributed by atoms with Crippen LogP contribution in [0.15, 0.2) is 30.3 Å². The summed E-state index contributed by atoms with van der Waals surface area (Å²) in [7, 11) is 0. The van der Waals surface area contributed by atoms with Crippen molar-refractivity contribution >= 4 is 5.91 Å². The van der Waals surface area contributed by atoms with Gasteiger partial charge in [-0.05, 0) is 11.5 Å². The van der Waals surface area contributed by atoms with Gasteiger partial charge in [-0.25, -0.2) is 0 Å². The second-order valence-corrected chi connectivity index (χ2v) is 5.75. The van der Waals surface area contributed by atoms with E-state index in [2.05, 4.69) is 26.1 Å². The Morgan fingerprint density at radius 3 is 2.45 bits per heavy atom. The maximum absolute atomic E-state index is 11.6. The fraction of sp³-hybridized carbons (Fsp3) is 0.562. The van der Waals surface area contributed by atoms with Crippen molar-refractivity contribution in [1.82, 2.24) is 10.2 Å². The number of hydrogen-bond acceptors (Lipinski definition) is 3. The maximum atomic E-state index is 11.6. The first-order valence-electron chi connectivity index (χ1n) is 7.18. The predicted molar refractivity (Wildman–Crippen MR) is 81.2 cm³/mol. The molecule has 1 amide bonds. The summed E-state index contributed by atoms with van der Waals surface area (Å²) >= 11 is 0. The van der Waals surface area contributed by atoms with Crippen LogP contribution in [0, 0.1) is 5.92 Å². The second kappa shape index (κ2) is 8.72. The van der Waals surface area contributed by atoms with Crippen LogP contribution in [0.3, 0.4) is 0 Å². The lowest BCUT2D eigenvalue weighted by atomic mass is 10.1. The van der Waals surface area contributed by atoms with E-state index in [1.165, 1.54) is 0 Å². The van der Waals surface area contributed by atoms with E-state index >= 15 is 0 Å². The number of nitrogens with one attached hydrogen (secondary N) is 1. The molecule has 1 aliphatic heterocycles. The lowest BCUT2D eigenvalue weighted by Gasteiger charge is -2.32. The minimum atomic E-state index is 0.00131. The predicted octanol–water partition coefficient (Wildman–Crippen LogP) is 1.64. The lowest BCUT2D eigenvalue weighted by molar-refractivity contribution is -0.134. The van der Waals surface area contributed by atoms with Crippen molar-refractivity contribution in [3.63, 3.8) is 0 Å². The Labute approximate surface area is 121 Å². The number of benzene rings is 1. The number of aliphatic hydroxyl groups is 1. The third kappa shape index (κ3) is 6.17. The van der Waals surface area contributed by atoms with Gasteiger partial charge in [0.15, 0.2) is 0 Å². The molecule has 1 fully saturated rings. The average Bonchev–Trinajstić information content (AvgIpc) is 2.42. The van der Waals surface area contributed by atoms with Gasteiger partial charge in [-0.1, -0.05) is 51.1 Å². The minimum absolute atomic E-state index is 0.00131. The van der Waals surface area contributed by atoms with Gasteiger partial charge < -0.3 is 15.3 Å². The number of carbonyl (C=O) groups excluding carboxylic acids is 1. The smallest absolute Gasteiger partial charge is 0.236 e. The Kier molecular flexibility index (Phi) is 7.26. The molecule has 1 atom stereocenters. The van der Waals surface area contributed by atoms with Crippen molar-refractivity contribution in [1.29, 1.82) is 0 Å². The SMILES string of the molecule is CC(C)C.O=C1CNC(CO)CN1Cc1ccccc1. The molecule has 20 heavy (non-hydrogen) atoms. The van der Waals surface area contributed by atoms with E-state index in [0.29, 0.717) is 19.6 Å². The summed E-state index contributed by atoms with van der Waals surface area (Å²) in [4.78, 5) is 13.4. The van der Waals surface area contributed by atoms with Crippen LogP contribution in [0.2, 0.25) is 0 Å². The van der Waals surface area contributed by atoms with Crippen molar-refractivity contribution in [3.05, 3.63) is 35.9 Å². The molecule has 1 aliphatic rings. The quantitative estimate of drug-likeness (QED) is 0.884. The van der Waals surface area contributed by atoms with Gasteiger partial charge in [0.05, 0.1) is 13.2 Å². The van der Waals surface area contributed by atoms with Crippen LogP contribution in [0.1, 0.15) is 26.3 Å². The summed E-state index contributed by atoms with van der Waals surface area (Å²) < 4.78 is 0. The highest BCUT2D eigenvalue weighted by Gasteiger charge is 2.24. The summed E-state index contributed by atoms with van der Waals surface area (Å²) in [5.74, 6) is 0.925. The van der Waals surface area contributed by atoms with E-state index < -0.39 is 0 Å². The number of amides is 1. The molecule has 112 valence electrons. The Bertz CT molecular complexity index is 390. The number of rotatable bonds is 3. The van der Waals surface area contributed by atoms with Gasteiger partial charge in [0.2, 0.25) is 5.91 Å². The molecule has 0 spiro atoms. The summed E-state index contributed by atoms with van der Waals surface area (Å²) in [6.07, 6.45) is 0. The normalized spacial score (nSPS) is 18.8. The van der Waals surface area contributed by atoms with Gasteiger partial charge in [0.25, 0.3) is 0 Å². The van der Waals surface area contributed by atoms with Gasteiger partial charge >= 0.3 is 0 Å². The number of piperazine rings is 1. The molecule has 1 heterocycles. The standard InChI is InChI=1S/C12H16N2O2.C4H10/c15-9-11-8-14(12(16)6-13-11)7-10-4-2-1-3-5-10;1-4(2)3/h1-5,11,13,15H,6-9H2;4H,1-3H3. The molecule has 0 bridgehead atoms. The molecule has 0 aliphatic carbocycles. The highest BCUT2D eigenvalue weighted by molar-refractivity contribution is 5.79. The Hall–Kier alpha value is -1.39. The largest absolute Gasteiger partial charge is 0.395 e. The molecular weight excluding hydrogens is 252 g/mol. The highest BCUT2D eigenvalue weighted by Crippen LogP contribution is 2.08. The van der Waals surface area contributed by atoms with Crippen molar-refractivity contribution in [2.45, 2.75) is 33.4 Å². The fourth-order valence-electron chi connectivity index (χ4n) is 1.85. The first-order chi connectivity index (χ1) is 9.52. The van der Waals surface area contributed by atoms with Crippen LogP contribution in [-0.4, -0.2) is 41.7 Å². The first-order valence-corrected chi connectivity index (χ1v) is 7.18. The van der Waals surface area contributed by atoms with Crippen LogP contribution in [0.4, 0.5) is 0 Å². The van der Waals surface area contributed by atoms with E-state index in [1.54, 1.807) is 4.90 Å². The van der Waals surface area contributed by atoms with E-state index in [1.807, 2.05) is 30.3 Å². The number of nitrogens with zero attached hydrogens (tertiary/aromatic N) is 1. The number of aliphatic hydroxyl groups excluding tert-OH is 1. The molecule has 4 nitrogen and oxygen atoms in total. The van der Waals surface area contributed by atoms with Crippen molar-refractivity contribution in [3.8, 4) is 0 Å². The van der Waals surface area contributed by atoms with Crippen LogP contribution < -0.4 is 5.32 Å². The van der Waals surface area contributed by atoms with Crippen molar-refractivity contribution in [2.24, 2.45) is 5.92 Å². The average molecular weight is 278 g/mol. The molecule has 4 heteroatoms. The van der Waals surface area contributed by atoms with E-state index in [-0.39, 0.29) is 18.6 Å². The zero-order valence-corrected chi connectivity index (χ0v) is 12.7.